The van der Waals surface area contributed by atoms with Gasteiger partial charge in [-0.05, 0) is 12.1 Å². The zero-order valence-electron chi connectivity index (χ0n) is 11.4. The molecule has 0 saturated carbocycles. The molecule has 3 N–H and O–H groups in total. The molecule has 2 heterocycles. The van der Waals surface area contributed by atoms with E-state index in [1.165, 1.54) is 18.3 Å². The molecule has 1 aromatic carbocycles. The Morgan fingerprint density at radius 3 is 2.59 bits per heavy atom. The largest absolute Gasteiger partial charge is 0.327 e. The van der Waals surface area contributed by atoms with Crippen molar-refractivity contribution in [2.75, 3.05) is 5.32 Å². The van der Waals surface area contributed by atoms with Crippen LogP contribution in [0.2, 0.25) is 0 Å². The fourth-order valence-electron chi connectivity index (χ4n) is 2.15. The Labute approximate surface area is 124 Å². The Morgan fingerprint density at radius 1 is 1.09 bits per heavy atom. The number of aromatic nitrogens is 3. The summed E-state index contributed by atoms with van der Waals surface area (Å²) in [5.74, 6) is -0.295. The first kappa shape index (κ1) is 13.7. The van der Waals surface area contributed by atoms with Crippen molar-refractivity contribution >= 4 is 22.4 Å². The van der Waals surface area contributed by atoms with Gasteiger partial charge < -0.3 is 10.3 Å². The van der Waals surface area contributed by atoms with Gasteiger partial charge in [-0.1, -0.05) is 18.2 Å². The standard InChI is InChI=1S/C15H12N4O3/c20-13-6-5-9(8-16-13)17-14(21)7-12-10-3-1-2-4-11(10)15(22)19-18-12/h1-6,8H,7H2,(H,16,20)(H,17,21)(H,19,22). The average Bonchev–Trinajstić information content (AvgIpc) is 2.53. The number of hydrogen-bond acceptors (Lipinski definition) is 4. The average molecular weight is 296 g/mol. The Bertz CT molecular complexity index is 938. The first-order valence-electron chi connectivity index (χ1n) is 6.58. The summed E-state index contributed by atoms with van der Waals surface area (Å²) in [6.07, 6.45) is 1.43. The summed E-state index contributed by atoms with van der Waals surface area (Å²) in [6.45, 7) is 0. The molecule has 0 bridgehead atoms. The van der Waals surface area contributed by atoms with Crippen LogP contribution in [0, 0.1) is 0 Å². The molecule has 0 aliphatic rings. The molecule has 3 aromatic rings. The van der Waals surface area contributed by atoms with Gasteiger partial charge in [0.1, 0.15) is 0 Å². The van der Waals surface area contributed by atoms with Gasteiger partial charge in [-0.25, -0.2) is 5.10 Å². The summed E-state index contributed by atoms with van der Waals surface area (Å²) in [4.78, 5) is 37.2. The second-order valence-electron chi connectivity index (χ2n) is 4.71. The summed E-state index contributed by atoms with van der Waals surface area (Å²) in [6, 6.07) is 9.80. The predicted molar refractivity (Wildman–Crippen MR) is 81.8 cm³/mol. The molecular formula is C15H12N4O3. The molecule has 0 aliphatic carbocycles. The van der Waals surface area contributed by atoms with Crippen molar-refractivity contribution < 1.29 is 4.79 Å². The third-order valence-corrected chi connectivity index (χ3v) is 3.17. The highest BCUT2D eigenvalue weighted by Crippen LogP contribution is 2.13. The van der Waals surface area contributed by atoms with Crippen molar-refractivity contribution in [1.82, 2.24) is 15.2 Å². The van der Waals surface area contributed by atoms with Gasteiger partial charge in [-0.15, -0.1) is 0 Å². The summed E-state index contributed by atoms with van der Waals surface area (Å²) >= 11 is 0. The van der Waals surface area contributed by atoms with Gasteiger partial charge in [0.25, 0.3) is 5.56 Å². The van der Waals surface area contributed by atoms with Crippen molar-refractivity contribution in [2.24, 2.45) is 0 Å². The third kappa shape index (κ3) is 2.78. The van der Waals surface area contributed by atoms with E-state index in [4.69, 9.17) is 0 Å². The summed E-state index contributed by atoms with van der Waals surface area (Å²) < 4.78 is 0. The molecule has 0 atom stereocenters. The summed E-state index contributed by atoms with van der Waals surface area (Å²) in [5, 5.41) is 10.1. The molecular weight excluding hydrogens is 284 g/mol. The third-order valence-electron chi connectivity index (χ3n) is 3.17. The number of amides is 1. The van der Waals surface area contributed by atoms with Gasteiger partial charge in [-0.2, -0.15) is 5.10 Å². The minimum absolute atomic E-state index is 0.0103. The molecule has 7 nitrogen and oxygen atoms in total. The molecule has 0 radical (unpaired) electrons. The van der Waals surface area contributed by atoms with E-state index in [2.05, 4.69) is 20.5 Å². The van der Waals surface area contributed by atoms with Crippen molar-refractivity contribution in [3.63, 3.8) is 0 Å². The van der Waals surface area contributed by atoms with Gasteiger partial charge in [0.05, 0.1) is 23.2 Å². The zero-order chi connectivity index (χ0) is 15.5. The second-order valence-corrected chi connectivity index (χ2v) is 4.71. The number of H-pyrrole nitrogens is 2. The first-order valence-corrected chi connectivity index (χ1v) is 6.58. The van der Waals surface area contributed by atoms with E-state index in [-0.39, 0.29) is 23.4 Å². The molecule has 0 unspecified atom stereocenters. The number of benzene rings is 1. The Balaban J connectivity index is 1.85. The lowest BCUT2D eigenvalue weighted by atomic mass is 10.1. The number of pyridine rings is 1. The van der Waals surface area contributed by atoms with E-state index in [0.29, 0.717) is 22.2 Å². The quantitative estimate of drug-likeness (QED) is 0.664. The number of aromatic amines is 2. The van der Waals surface area contributed by atoms with Crippen LogP contribution in [0.1, 0.15) is 5.69 Å². The van der Waals surface area contributed by atoms with Crippen LogP contribution in [0.5, 0.6) is 0 Å². The minimum Gasteiger partial charge on any atom is -0.327 e. The molecule has 3 rings (SSSR count). The van der Waals surface area contributed by atoms with Crippen LogP contribution in [0.4, 0.5) is 5.69 Å². The molecule has 1 amide bonds. The van der Waals surface area contributed by atoms with Gasteiger partial charge in [-0.3, -0.25) is 14.4 Å². The van der Waals surface area contributed by atoms with E-state index in [1.54, 1.807) is 24.3 Å². The molecule has 22 heavy (non-hydrogen) atoms. The monoisotopic (exact) mass is 296 g/mol. The van der Waals surface area contributed by atoms with E-state index in [9.17, 15) is 14.4 Å². The number of fused-ring (bicyclic) bond motifs is 1. The lowest BCUT2D eigenvalue weighted by molar-refractivity contribution is -0.115. The minimum atomic E-state index is -0.295. The number of nitrogens with zero attached hydrogens (tertiary/aromatic N) is 1. The summed E-state index contributed by atoms with van der Waals surface area (Å²) in [7, 11) is 0. The van der Waals surface area contributed by atoms with Crippen LogP contribution in [0.3, 0.4) is 0 Å². The molecule has 2 aromatic heterocycles. The lowest BCUT2D eigenvalue weighted by Crippen LogP contribution is -2.19. The van der Waals surface area contributed by atoms with E-state index in [1.807, 2.05) is 0 Å². The number of nitrogens with one attached hydrogen (secondary N) is 3. The maximum absolute atomic E-state index is 12.1. The second kappa shape index (κ2) is 5.65. The highest BCUT2D eigenvalue weighted by molar-refractivity contribution is 5.95. The van der Waals surface area contributed by atoms with Crippen molar-refractivity contribution in [1.29, 1.82) is 0 Å². The van der Waals surface area contributed by atoms with Crippen LogP contribution in [0.25, 0.3) is 10.8 Å². The van der Waals surface area contributed by atoms with Crippen LogP contribution >= 0.6 is 0 Å². The first-order chi connectivity index (χ1) is 10.6. The maximum atomic E-state index is 12.1. The van der Waals surface area contributed by atoms with Crippen LogP contribution in [0.15, 0.2) is 52.2 Å². The highest BCUT2D eigenvalue weighted by atomic mass is 16.2. The number of carbonyl (C=O) groups excluding carboxylic acids is 1. The van der Waals surface area contributed by atoms with E-state index in [0.717, 1.165) is 0 Å². The Hall–Kier alpha value is -3.22. The Morgan fingerprint density at radius 2 is 1.86 bits per heavy atom. The number of rotatable bonds is 3. The van der Waals surface area contributed by atoms with Gasteiger partial charge in [0.2, 0.25) is 11.5 Å². The van der Waals surface area contributed by atoms with Crippen LogP contribution in [-0.4, -0.2) is 21.1 Å². The smallest absolute Gasteiger partial charge is 0.272 e. The number of hydrogen-bond donors (Lipinski definition) is 3. The predicted octanol–water partition coefficient (Wildman–Crippen LogP) is 0.793. The van der Waals surface area contributed by atoms with Crippen molar-refractivity contribution in [3.8, 4) is 0 Å². The molecule has 0 spiro atoms. The highest BCUT2D eigenvalue weighted by Gasteiger charge is 2.10. The van der Waals surface area contributed by atoms with Crippen molar-refractivity contribution in [3.05, 3.63) is 69.0 Å². The van der Waals surface area contributed by atoms with Crippen molar-refractivity contribution in [2.45, 2.75) is 6.42 Å². The van der Waals surface area contributed by atoms with E-state index >= 15 is 0 Å². The topological polar surface area (TPSA) is 108 Å². The van der Waals surface area contributed by atoms with Crippen LogP contribution in [-0.2, 0) is 11.2 Å². The molecule has 0 fully saturated rings. The Kier molecular flexibility index (Phi) is 3.53. The zero-order valence-corrected chi connectivity index (χ0v) is 11.4. The van der Waals surface area contributed by atoms with E-state index < -0.39 is 0 Å². The van der Waals surface area contributed by atoms with Gasteiger partial charge in [0.15, 0.2) is 0 Å². The molecule has 7 heteroatoms. The normalized spacial score (nSPS) is 10.5. The number of anilines is 1. The maximum Gasteiger partial charge on any atom is 0.272 e. The van der Waals surface area contributed by atoms with Gasteiger partial charge >= 0.3 is 0 Å². The summed E-state index contributed by atoms with van der Waals surface area (Å²) in [5.41, 5.74) is 0.433. The number of carbonyl (C=O) groups is 1. The lowest BCUT2D eigenvalue weighted by Gasteiger charge is -2.06. The van der Waals surface area contributed by atoms with Gasteiger partial charge in [0, 0.05) is 17.6 Å². The fraction of sp³-hybridized carbons (Fsp3) is 0.0667. The molecule has 0 aliphatic heterocycles. The SMILES string of the molecule is O=C(Cc1n[nH]c(=O)c2ccccc12)Nc1ccc(=O)[nH]c1. The molecule has 0 saturated heterocycles. The fourth-order valence-corrected chi connectivity index (χ4v) is 2.15. The van der Waals surface area contributed by atoms with Crippen LogP contribution < -0.4 is 16.4 Å². The molecule has 110 valence electrons.